The van der Waals surface area contributed by atoms with Crippen LogP contribution in [0, 0.1) is 0 Å². The Hall–Kier alpha value is -0.410. The maximum atomic E-state index is 5.16. The summed E-state index contributed by atoms with van der Waals surface area (Å²) < 4.78 is 6.12. The van der Waals surface area contributed by atoms with Crippen LogP contribution in [-0.4, -0.2) is 14.2 Å². The first kappa shape index (κ1) is 11.6. The molecular weight excluding hydrogens is 241 g/mol. The van der Waals surface area contributed by atoms with Gasteiger partial charge < -0.3 is 10.1 Å². The molecule has 0 fully saturated rings. The predicted octanol–water partition coefficient (Wildman–Crippen LogP) is 2.92. The first-order chi connectivity index (χ1) is 5.29. The van der Waals surface area contributed by atoms with Crippen LogP contribution in [0.4, 0.5) is 5.69 Å². The van der Waals surface area contributed by atoms with E-state index in [1.54, 1.807) is 7.11 Å². The Bertz CT molecular complexity index is 255. The van der Waals surface area contributed by atoms with Gasteiger partial charge in [-0.1, -0.05) is 6.07 Å². The third-order valence-corrected chi connectivity index (χ3v) is 2.06. The van der Waals surface area contributed by atoms with Crippen molar-refractivity contribution in [1.29, 1.82) is 0 Å². The summed E-state index contributed by atoms with van der Waals surface area (Å²) in [4.78, 5) is 0. The smallest absolute Gasteiger partial charge is 0.156 e. The van der Waals surface area contributed by atoms with E-state index in [9.17, 15) is 0 Å². The third-order valence-electron chi connectivity index (χ3n) is 1.44. The van der Waals surface area contributed by atoms with Crippen molar-refractivity contribution in [2.24, 2.45) is 0 Å². The number of ether oxygens (including phenoxy) is 1. The molecule has 2 nitrogen and oxygen atoms in total. The predicted molar refractivity (Wildman–Crippen MR) is 57.5 cm³/mol. The van der Waals surface area contributed by atoms with E-state index in [0.29, 0.717) is 0 Å². The number of rotatable bonds is 2. The van der Waals surface area contributed by atoms with Gasteiger partial charge in [-0.2, -0.15) is 0 Å². The molecule has 0 atom stereocenters. The minimum Gasteiger partial charge on any atom is -0.493 e. The molecule has 0 unspecified atom stereocenters. The first-order valence-electron chi connectivity index (χ1n) is 3.30. The van der Waals surface area contributed by atoms with Crippen molar-refractivity contribution in [3.05, 3.63) is 22.7 Å². The van der Waals surface area contributed by atoms with Gasteiger partial charge in [0, 0.05) is 7.05 Å². The molecule has 0 radical (unpaired) electrons. The first-order valence-corrected chi connectivity index (χ1v) is 4.09. The van der Waals surface area contributed by atoms with E-state index in [1.165, 1.54) is 0 Å². The SMILES string of the molecule is CNc1cccc(Br)c1OC.Cl. The number of hydrogen-bond donors (Lipinski definition) is 1. The highest BCUT2D eigenvalue weighted by molar-refractivity contribution is 9.10. The Morgan fingerprint density at radius 2 is 2.08 bits per heavy atom. The zero-order chi connectivity index (χ0) is 8.27. The fourth-order valence-corrected chi connectivity index (χ4v) is 1.44. The molecule has 0 aromatic heterocycles. The minimum atomic E-state index is 0. The van der Waals surface area contributed by atoms with Crippen molar-refractivity contribution in [3.8, 4) is 5.75 Å². The van der Waals surface area contributed by atoms with Gasteiger partial charge in [0.25, 0.3) is 0 Å². The van der Waals surface area contributed by atoms with Gasteiger partial charge in [-0.05, 0) is 28.1 Å². The summed E-state index contributed by atoms with van der Waals surface area (Å²) >= 11 is 3.38. The number of nitrogens with one attached hydrogen (secondary N) is 1. The van der Waals surface area contributed by atoms with E-state index in [4.69, 9.17) is 4.74 Å². The van der Waals surface area contributed by atoms with Crippen molar-refractivity contribution in [2.45, 2.75) is 0 Å². The molecule has 0 saturated heterocycles. The summed E-state index contributed by atoms with van der Waals surface area (Å²) in [5, 5.41) is 3.03. The van der Waals surface area contributed by atoms with Gasteiger partial charge in [0.15, 0.2) is 5.75 Å². The van der Waals surface area contributed by atoms with Gasteiger partial charge in [0.1, 0.15) is 0 Å². The Morgan fingerprint density at radius 1 is 1.42 bits per heavy atom. The minimum absolute atomic E-state index is 0. The third kappa shape index (κ3) is 2.29. The lowest BCUT2D eigenvalue weighted by Crippen LogP contribution is -1.93. The van der Waals surface area contributed by atoms with Gasteiger partial charge in [0.2, 0.25) is 0 Å². The molecule has 4 heteroatoms. The normalized spacial score (nSPS) is 8.58. The molecule has 0 aliphatic heterocycles. The molecule has 1 aromatic carbocycles. The Labute approximate surface area is 86.8 Å². The van der Waals surface area contributed by atoms with Crippen LogP contribution < -0.4 is 10.1 Å². The molecule has 12 heavy (non-hydrogen) atoms. The Morgan fingerprint density at radius 3 is 2.50 bits per heavy atom. The monoisotopic (exact) mass is 251 g/mol. The van der Waals surface area contributed by atoms with Crippen molar-refractivity contribution in [3.63, 3.8) is 0 Å². The van der Waals surface area contributed by atoms with Crippen molar-refractivity contribution < 1.29 is 4.74 Å². The lowest BCUT2D eigenvalue weighted by Gasteiger charge is -2.08. The van der Waals surface area contributed by atoms with Gasteiger partial charge in [0.05, 0.1) is 17.3 Å². The van der Waals surface area contributed by atoms with E-state index >= 15 is 0 Å². The molecule has 0 saturated carbocycles. The molecule has 0 spiro atoms. The molecule has 0 amide bonds. The number of anilines is 1. The lowest BCUT2D eigenvalue weighted by molar-refractivity contribution is 0.414. The second-order valence-corrected chi connectivity index (χ2v) is 2.92. The van der Waals surface area contributed by atoms with Crippen LogP contribution in [0.3, 0.4) is 0 Å². The number of para-hydroxylation sites is 1. The highest BCUT2D eigenvalue weighted by atomic mass is 79.9. The van der Waals surface area contributed by atoms with Crippen molar-refractivity contribution in [2.75, 3.05) is 19.5 Å². The molecule has 0 heterocycles. The van der Waals surface area contributed by atoms with Crippen LogP contribution in [0.2, 0.25) is 0 Å². The second-order valence-electron chi connectivity index (χ2n) is 2.07. The van der Waals surface area contributed by atoms with Crippen LogP contribution >= 0.6 is 28.3 Å². The van der Waals surface area contributed by atoms with Gasteiger partial charge in [-0.3, -0.25) is 0 Å². The van der Waals surface area contributed by atoms with Crippen LogP contribution in [-0.2, 0) is 0 Å². The summed E-state index contributed by atoms with van der Waals surface area (Å²) in [5.41, 5.74) is 0.988. The van der Waals surface area contributed by atoms with Crippen molar-refractivity contribution >= 4 is 34.0 Å². The van der Waals surface area contributed by atoms with E-state index < -0.39 is 0 Å². The van der Waals surface area contributed by atoms with Crippen LogP contribution in [0.15, 0.2) is 22.7 Å². The van der Waals surface area contributed by atoms with E-state index in [2.05, 4.69) is 21.2 Å². The van der Waals surface area contributed by atoms with Gasteiger partial charge >= 0.3 is 0 Å². The molecule has 0 aliphatic carbocycles. The van der Waals surface area contributed by atoms with Crippen LogP contribution in [0.25, 0.3) is 0 Å². The van der Waals surface area contributed by atoms with E-state index in [0.717, 1.165) is 15.9 Å². The number of hydrogen-bond acceptors (Lipinski definition) is 2. The molecule has 1 N–H and O–H groups in total. The zero-order valence-electron chi connectivity index (χ0n) is 6.93. The molecule has 0 aliphatic rings. The molecule has 1 rings (SSSR count). The van der Waals surface area contributed by atoms with E-state index in [-0.39, 0.29) is 12.4 Å². The van der Waals surface area contributed by atoms with E-state index in [1.807, 2.05) is 25.2 Å². The maximum absolute atomic E-state index is 5.16. The fourth-order valence-electron chi connectivity index (χ4n) is 0.913. The highest BCUT2D eigenvalue weighted by Gasteiger charge is 2.03. The topological polar surface area (TPSA) is 21.3 Å². The summed E-state index contributed by atoms with van der Waals surface area (Å²) in [6, 6.07) is 5.86. The summed E-state index contributed by atoms with van der Waals surface area (Å²) in [6.45, 7) is 0. The quantitative estimate of drug-likeness (QED) is 0.874. The van der Waals surface area contributed by atoms with Crippen molar-refractivity contribution in [1.82, 2.24) is 0 Å². The molecular formula is C8H11BrClNO. The fraction of sp³-hybridized carbons (Fsp3) is 0.250. The summed E-state index contributed by atoms with van der Waals surface area (Å²) in [7, 11) is 3.52. The lowest BCUT2D eigenvalue weighted by atomic mass is 10.3. The molecule has 1 aromatic rings. The average Bonchev–Trinajstić information content (AvgIpc) is 2.04. The number of methoxy groups -OCH3 is 1. The maximum Gasteiger partial charge on any atom is 0.156 e. The molecule has 68 valence electrons. The average molecular weight is 253 g/mol. The Balaban J connectivity index is 0.00000121. The number of benzene rings is 1. The van der Waals surface area contributed by atoms with Crippen LogP contribution in [0.5, 0.6) is 5.75 Å². The number of halogens is 2. The van der Waals surface area contributed by atoms with Gasteiger partial charge in [-0.25, -0.2) is 0 Å². The largest absolute Gasteiger partial charge is 0.493 e. The second kappa shape index (κ2) is 5.27. The summed E-state index contributed by atoms with van der Waals surface area (Å²) in [5.74, 6) is 0.843. The highest BCUT2D eigenvalue weighted by Crippen LogP contribution is 2.32. The van der Waals surface area contributed by atoms with Crippen LogP contribution in [0.1, 0.15) is 0 Å². The zero-order valence-corrected chi connectivity index (χ0v) is 9.33. The summed E-state index contributed by atoms with van der Waals surface area (Å²) in [6.07, 6.45) is 0. The van der Waals surface area contributed by atoms with Gasteiger partial charge in [-0.15, -0.1) is 12.4 Å². The Kier molecular flexibility index (Phi) is 5.09. The molecule has 0 bridgehead atoms. The standard InChI is InChI=1S/C8H10BrNO.ClH/c1-10-7-5-3-4-6(9)8(7)11-2;/h3-5,10H,1-2H3;1H.